The minimum Gasteiger partial charge on any atom is -0.464 e. The molecule has 5 fully saturated rings. The van der Waals surface area contributed by atoms with Gasteiger partial charge in [-0.15, -0.1) is 0 Å². The molecule has 10 heteroatoms. The molecule has 9 nitrogen and oxygen atoms in total. The summed E-state index contributed by atoms with van der Waals surface area (Å²) in [4.78, 5) is 42.6. The van der Waals surface area contributed by atoms with E-state index in [4.69, 9.17) is 16.3 Å². The molecule has 10 atom stereocenters. The van der Waals surface area contributed by atoms with Gasteiger partial charge in [-0.1, -0.05) is 71.7 Å². The van der Waals surface area contributed by atoms with Gasteiger partial charge in [0.2, 0.25) is 0 Å². The van der Waals surface area contributed by atoms with E-state index in [1.165, 1.54) is 30.2 Å². The van der Waals surface area contributed by atoms with Crippen molar-refractivity contribution in [1.82, 2.24) is 9.80 Å². The Hall–Kier alpha value is -2.49. The minimum absolute atomic E-state index is 0.00977. The number of nitro benzene ring substituents is 1. The van der Waals surface area contributed by atoms with E-state index in [0.717, 1.165) is 51.4 Å². The number of ether oxygens (including phenoxy) is 1. The Kier molecular flexibility index (Phi) is 9.96. The smallest absolute Gasteiger partial charge is 0.312 e. The highest BCUT2D eigenvalue weighted by molar-refractivity contribution is 6.31. The molecule has 1 N–H and O–H groups in total. The first kappa shape index (κ1) is 38.8. The number of nitrogens with zero attached hydrogens (tertiary/aromatic N) is 3. The molecule has 1 aromatic rings. The molecule has 1 saturated heterocycles. The number of halogens is 1. The number of carbonyl (C=O) groups is 2. The van der Waals surface area contributed by atoms with Gasteiger partial charge in [-0.05, 0) is 121 Å². The third kappa shape index (κ3) is 5.91. The van der Waals surface area contributed by atoms with Crippen LogP contribution in [0.1, 0.15) is 117 Å². The van der Waals surface area contributed by atoms with Crippen LogP contribution in [-0.2, 0) is 9.53 Å². The van der Waals surface area contributed by atoms with Crippen LogP contribution in [0.2, 0.25) is 5.02 Å². The Bertz CT molecular complexity index is 1670. The SMILES string of the molecule is C[C@H]1[C@H](C)CC[C@]2(C(=O)OCCN3CCN(C(=O)c4cc(Cl)ccc4[N+](=O)[O-])CC3)CC[C@]3(C)C(=CC[C@@H]4[C@@]5(C)CC[C@H](O)C(C)(C)[C@@H]5CC[C@]43C)[C@H]12. The number of piperazine rings is 1. The summed E-state index contributed by atoms with van der Waals surface area (Å²) in [5, 5.41) is 22.9. The molecule has 0 unspecified atom stereocenters. The molecule has 6 aliphatic rings. The lowest BCUT2D eigenvalue weighted by molar-refractivity contribution is -0.385. The van der Waals surface area contributed by atoms with Crippen molar-refractivity contribution in [3.63, 3.8) is 0 Å². The summed E-state index contributed by atoms with van der Waals surface area (Å²) < 4.78 is 6.29. The maximum absolute atomic E-state index is 14.5. The second-order valence-electron chi connectivity index (χ2n) is 19.4. The van der Waals surface area contributed by atoms with Gasteiger partial charge in [0.05, 0.1) is 16.4 Å². The van der Waals surface area contributed by atoms with Crippen molar-refractivity contribution in [2.75, 3.05) is 39.3 Å². The number of hydrogen-bond donors (Lipinski definition) is 1. The maximum atomic E-state index is 14.5. The van der Waals surface area contributed by atoms with E-state index < -0.39 is 10.3 Å². The first-order valence-electron chi connectivity index (χ1n) is 20.4. The lowest BCUT2D eigenvalue weighted by atomic mass is 9.33. The number of fused-ring (bicyclic) bond motifs is 7. The van der Waals surface area contributed by atoms with Crippen LogP contribution < -0.4 is 0 Å². The van der Waals surface area contributed by atoms with Crippen LogP contribution in [-0.4, -0.2) is 77.1 Å². The Morgan fingerprint density at radius 1 is 0.962 bits per heavy atom. The van der Waals surface area contributed by atoms with E-state index in [1.54, 1.807) is 4.90 Å². The van der Waals surface area contributed by atoms with Crippen LogP contribution in [0.15, 0.2) is 29.8 Å². The van der Waals surface area contributed by atoms with Crippen LogP contribution in [0, 0.1) is 66.8 Å². The van der Waals surface area contributed by atoms with Gasteiger partial charge in [0.15, 0.2) is 0 Å². The van der Waals surface area contributed by atoms with Crippen molar-refractivity contribution in [1.29, 1.82) is 0 Å². The molecule has 1 aliphatic heterocycles. The molecule has 1 heterocycles. The Morgan fingerprint density at radius 2 is 1.68 bits per heavy atom. The van der Waals surface area contributed by atoms with Crippen LogP contribution in [0.25, 0.3) is 0 Å². The van der Waals surface area contributed by atoms with Crippen LogP contribution in [0.3, 0.4) is 0 Å². The number of rotatable bonds is 6. The number of allylic oxidation sites excluding steroid dienone is 2. The number of esters is 1. The van der Waals surface area contributed by atoms with Crippen molar-refractivity contribution < 1.29 is 24.4 Å². The summed E-state index contributed by atoms with van der Waals surface area (Å²) in [5.41, 5.74) is 1.07. The molecule has 4 saturated carbocycles. The lowest BCUT2D eigenvalue weighted by Crippen LogP contribution is -2.65. The molecule has 292 valence electrons. The van der Waals surface area contributed by atoms with Gasteiger partial charge in [-0.25, -0.2) is 0 Å². The average molecular weight is 752 g/mol. The first-order chi connectivity index (χ1) is 24.9. The number of nitro groups is 1. The van der Waals surface area contributed by atoms with E-state index in [9.17, 15) is 24.8 Å². The van der Waals surface area contributed by atoms with Gasteiger partial charge in [0, 0.05) is 43.8 Å². The standard InChI is InChI=1S/C43H62ClN3O6/c1-27-12-17-43(38(50)53-25-24-45-20-22-46(23-21-45)37(49)30-26-29(44)8-10-32(30)47(51)52)19-18-41(6)31(36(43)28(27)2)9-11-34-40(5)15-14-35(48)39(3,4)33(40)13-16-42(34,41)7/h8-10,26-28,33-36,48H,11-25H2,1-7H3/t27-,28+,33+,34-,35+,36+,40+,41-,42-,43+/m1/s1. The molecular weight excluding hydrogens is 690 g/mol. The number of carbonyl (C=O) groups excluding carboxylic acids is 2. The number of amides is 1. The Morgan fingerprint density at radius 3 is 2.38 bits per heavy atom. The fourth-order valence-corrected chi connectivity index (χ4v) is 13.6. The molecule has 0 radical (unpaired) electrons. The molecular formula is C43H62ClN3O6. The highest BCUT2D eigenvalue weighted by Gasteiger charge is 2.69. The monoisotopic (exact) mass is 751 g/mol. The number of aliphatic hydroxyl groups is 1. The van der Waals surface area contributed by atoms with E-state index in [1.807, 2.05) is 0 Å². The second kappa shape index (κ2) is 13.6. The topological polar surface area (TPSA) is 113 Å². The minimum atomic E-state index is -0.546. The van der Waals surface area contributed by atoms with Crippen molar-refractivity contribution in [2.24, 2.45) is 56.7 Å². The van der Waals surface area contributed by atoms with Crippen molar-refractivity contribution >= 4 is 29.2 Å². The van der Waals surface area contributed by atoms with E-state index in [-0.39, 0.29) is 61.8 Å². The van der Waals surface area contributed by atoms with Crippen LogP contribution in [0.5, 0.6) is 0 Å². The predicted octanol–water partition coefficient (Wildman–Crippen LogP) is 8.57. The summed E-state index contributed by atoms with van der Waals surface area (Å²) in [6, 6.07) is 4.08. The zero-order valence-electron chi connectivity index (χ0n) is 33.1. The second-order valence-corrected chi connectivity index (χ2v) is 19.8. The maximum Gasteiger partial charge on any atom is 0.312 e. The molecule has 7 rings (SSSR count). The summed E-state index contributed by atoms with van der Waals surface area (Å²) >= 11 is 6.08. The van der Waals surface area contributed by atoms with E-state index >= 15 is 0 Å². The van der Waals surface area contributed by atoms with Gasteiger partial charge < -0.3 is 14.7 Å². The molecule has 1 aromatic carbocycles. The van der Waals surface area contributed by atoms with E-state index in [2.05, 4.69) is 59.4 Å². The highest BCUT2D eigenvalue weighted by Crippen LogP contribution is 2.75. The van der Waals surface area contributed by atoms with Crippen LogP contribution >= 0.6 is 11.6 Å². The van der Waals surface area contributed by atoms with Crippen molar-refractivity contribution in [3.8, 4) is 0 Å². The average Bonchev–Trinajstić information content (AvgIpc) is 3.11. The lowest BCUT2D eigenvalue weighted by Gasteiger charge is -2.71. The molecule has 1 amide bonds. The summed E-state index contributed by atoms with van der Waals surface area (Å²) in [5.74, 6) is 1.75. The fraction of sp³-hybridized carbons (Fsp3) is 0.767. The van der Waals surface area contributed by atoms with E-state index in [0.29, 0.717) is 63.0 Å². The fourth-order valence-electron chi connectivity index (χ4n) is 13.4. The summed E-state index contributed by atoms with van der Waals surface area (Å²) in [7, 11) is 0. The molecule has 0 spiro atoms. The van der Waals surface area contributed by atoms with Gasteiger partial charge in [0.25, 0.3) is 11.6 Å². The largest absolute Gasteiger partial charge is 0.464 e. The third-order valence-electron chi connectivity index (χ3n) is 17.1. The third-order valence-corrected chi connectivity index (χ3v) is 17.3. The Labute approximate surface area is 321 Å². The zero-order chi connectivity index (χ0) is 38.3. The molecule has 0 bridgehead atoms. The number of hydrogen-bond acceptors (Lipinski definition) is 7. The Balaban J connectivity index is 1.04. The summed E-state index contributed by atoms with van der Waals surface area (Å²) in [6.45, 7) is 20.0. The van der Waals surface area contributed by atoms with Gasteiger partial charge in [0.1, 0.15) is 12.2 Å². The van der Waals surface area contributed by atoms with Crippen molar-refractivity contribution in [3.05, 3.63) is 50.5 Å². The van der Waals surface area contributed by atoms with Gasteiger partial charge in [-0.3, -0.25) is 24.6 Å². The molecule has 5 aliphatic carbocycles. The van der Waals surface area contributed by atoms with Gasteiger partial charge in [-0.2, -0.15) is 0 Å². The highest BCUT2D eigenvalue weighted by atomic mass is 35.5. The first-order valence-corrected chi connectivity index (χ1v) is 20.8. The van der Waals surface area contributed by atoms with Gasteiger partial charge >= 0.3 is 5.97 Å². The normalized spacial score (nSPS) is 40.8. The zero-order valence-corrected chi connectivity index (χ0v) is 33.8. The molecule has 0 aromatic heterocycles. The molecule has 53 heavy (non-hydrogen) atoms. The quantitative estimate of drug-likeness (QED) is 0.134. The van der Waals surface area contributed by atoms with Crippen LogP contribution in [0.4, 0.5) is 5.69 Å². The predicted molar refractivity (Wildman–Crippen MR) is 206 cm³/mol. The van der Waals surface area contributed by atoms with Crippen molar-refractivity contribution in [2.45, 2.75) is 112 Å². The number of aliphatic hydroxyl groups excluding tert-OH is 1. The number of benzene rings is 1. The summed E-state index contributed by atoms with van der Waals surface area (Å²) in [6.07, 6.45) is 11.5.